The van der Waals surface area contributed by atoms with Crippen LogP contribution < -0.4 is 10.1 Å². The molecule has 1 heterocycles. The number of ether oxygens (including phenoxy) is 1. The zero-order chi connectivity index (χ0) is 18.7. The Balaban J connectivity index is 1.57. The first-order valence-corrected chi connectivity index (χ1v) is 8.72. The van der Waals surface area contributed by atoms with Gasteiger partial charge in [-0.2, -0.15) is 17.6 Å². The molecule has 26 heavy (non-hydrogen) atoms. The van der Waals surface area contributed by atoms with E-state index in [0.29, 0.717) is 55.2 Å². The molecule has 1 aliphatic heterocycles. The predicted molar refractivity (Wildman–Crippen MR) is 82.0 cm³/mol. The number of fused-ring (bicyclic) bond motifs is 3. The molecule has 1 unspecified atom stereocenters. The summed E-state index contributed by atoms with van der Waals surface area (Å²) in [6.07, 6.45) is -1.63. The van der Waals surface area contributed by atoms with Crippen LogP contribution in [0.25, 0.3) is 0 Å². The van der Waals surface area contributed by atoms with Gasteiger partial charge in [0.2, 0.25) is 11.7 Å². The van der Waals surface area contributed by atoms with Gasteiger partial charge < -0.3 is 10.1 Å². The third-order valence-corrected chi connectivity index (χ3v) is 5.75. The highest BCUT2D eigenvalue weighted by molar-refractivity contribution is 5.85. The second kappa shape index (κ2) is 5.82. The molecule has 2 aliphatic carbocycles. The maximum absolute atomic E-state index is 14.3. The van der Waals surface area contributed by atoms with Gasteiger partial charge in [0.05, 0.1) is 6.61 Å². The fourth-order valence-corrected chi connectivity index (χ4v) is 4.36. The molecule has 0 radical (unpaired) electrons. The molecule has 4 rings (SSSR count). The van der Waals surface area contributed by atoms with E-state index < -0.39 is 35.7 Å². The summed E-state index contributed by atoms with van der Waals surface area (Å²) in [6, 6.07) is 0. The average Bonchev–Trinajstić information content (AvgIpc) is 3.01. The summed E-state index contributed by atoms with van der Waals surface area (Å²) >= 11 is 0. The summed E-state index contributed by atoms with van der Waals surface area (Å²) < 4.78 is 70.7. The van der Waals surface area contributed by atoms with Crippen LogP contribution in [0.1, 0.15) is 48.3 Å². The highest BCUT2D eigenvalue weighted by atomic mass is 19.4. The van der Waals surface area contributed by atoms with Crippen molar-refractivity contribution in [1.29, 1.82) is 0 Å². The number of carbonyl (C=O) groups is 1. The lowest BCUT2D eigenvalue weighted by Gasteiger charge is -2.22. The summed E-state index contributed by atoms with van der Waals surface area (Å²) in [5.41, 5.74) is 0.886. The van der Waals surface area contributed by atoms with Gasteiger partial charge >= 0.3 is 6.18 Å². The van der Waals surface area contributed by atoms with Crippen LogP contribution in [0.5, 0.6) is 5.75 Å². The van der Waals surface area contributed by atoms with Crippen molar-refractivity contribution < 1.29 is 31.5 Å². The van der Waals surface area contributed by atoms with Gasteiger partial charge in [0, 0.05) is 17.4 Å². The Hall–Kier alpha value is -1.86. The molecule has 1 amide bonds. The minimum atomic E-state index is -4.45. The molecular weight excluding hydrogens is 357 g/mol. The molecule has 3 aliphatic rings. The molecule has 1 N–H and O–H groups in total. The van der Waals surface area contributed by atoms with E-state index in [1.54, 1.807) is 0 Å². The monoisotopic (exact) mass is 375 g/mol. The highest BCUT2D eigenvalue weighted by Gasteiger charge is 2.52. The summed E-state index contributed by atoms with van der Waals surface area (Å²) in [5.74, 6) is -2.65. The number of carbonyl (C=O) groups excluding carboxylic acids is 1. The van der Waals surface area contributed by atoms with E-state index in [1.807, 2.05) is 5.32 Å². The Morgan fingerprint density at radius 3 is 2.54 bits per heavy atom. The van der Waals surface area contributed by atoms with Crippen LogP contribution in [0, 0.1) is 17.0 Å². The van der Waals surface area contributed by atoms with Gasteiger partial charge in [-0.15, -0.1) is 0 Å². The number of rotatable bonds is 4. The van der Waals surface area contributed by atoms with Gasteiger partial charge in [-0.1, -0.05) is 0 Å². The van der Waals surface area contributed by atoms with Gasteiger partial charge in [0.1, 0.15) is 6.54 Å². The summed E-state index contributed by atoms with van der Waals surface area (Å²) in [5, 5.41) is 1.97. The Bertz CT molecular complexity index is 770. The summed E-state index contributed by atoms with van der Waals surface area (Å²) in [6.45, 7) is -1.07. The molecule has 1 aromatic carbocycles. The molecule has 1 aromatic rings. The standard InChI is InChI=1S/C18H18F5NO2/c19-13-10-2-1-9(12(10)11-3-6-26-15(11)14(13)20)7-17(4-5-17)16(25)24-8-18(21,22)23/h9H,1-8H2,(H,24,25). The van der Waals surface area contributed by atoms with E-state index in [2.05, 4.69) is 0 Å². The molecule has 1 saturated carbocycles. The summed E-state index contributed by atoms with van der Waals surface area (Å²) in [4.78, 5) is 12.3. The molecule has 142 valence electrons. The minimum absolute atomic E-state index is 0.0421. The molecule has 1 atom stereocenters. The van der Waals surface area contributed by atoms with Crippen LogP contribution in [0.3, 0.4) is 0 Å². The van der Waals surface area contributed by atoms with Crippen LogP contribution in [-0.2, 0) is 17.6 Å². The van der Waals surface area contributed by atoms with Crippen molar-refractivity contribution >= 4 is 5.91 Å². The van der Waals surface area contributed by atoms with Crippen molar-refractivity contribution in [1.82, 2.24) is 5.32 Å². The molecule has 0 spiro atoms. The molecule has 0 aromatic heterocycles. The fraction of sp³-hybridized carbons (Fsp3) is 0.611. The maximum atomic E-state index is 14.3. The van der Waals surface area contributed by atoms with Crippen molar-refractivity contribution in [2.45, 2.75) is 50.6 Å². The first-order chi connectivity index (χ1) is 12.2. The number of halogens is 5. The lowest BCUT2D eigenvalue weighted by atomic mass is 9.84. The first kappa shape index (κ1) is 17.5. The van der Waals surface area contributed by atoms with Gasteiger partial charge in [-0.3, -0.25) is 4.79 Å². The lowest BCUT2D eigenvalue weighted by Crippen LogP contribution is -2.39. The fourth-order valence-electron chi connectivity index (χ4n) is 4.36. The molecule has 0 bridgehead atoms. The Morgan fingerprint density at radius 2 is 1.88 bits per heavy atom. The summed E-state index contributed by atoms with van der Waals surface area (Å²) in [7, 11) is 0. The van der Waals surface area contributed by atoms with Crippen LogP contribution in [-0.4, -0.2) is 25.2 Å². The molecule has 8 heteroatoms. The van der Waals surface area contributed by atoms with Crippen molar-refractivity contribution in [3.05, 3.63) is 28.3 Å². The van der Waals surface area contributed by atoms with Gasteiger partial charge in [0.15, 0.2) is 11.6 Å². The van der Waals surface area contributed by atoms with Crippen molar-refractivity contribution in [3.8, 4) is 5.75 Å². The van der Waals surface area contributed by atoms with Crippen molar-refractivity contribution in [2.75, 3.05) is 13.2 Å². The van der Waals surface area contributed by atoms with E-state index in [4.69, 9.17) is 4.74 Å². The first-order valence-electron chi connectivity index (χ1n) is 8.72. The van der Waals surface area contributed by atoms with Gasteiger partial charge in [-0.05, 0) is 49.1 Å². The second-order valence-corrected chi connectivity index (χ2v) is 7.44. The Kier molecular flexibility index (Phi) is 3.93. The number of nitrogens with one attached hydrogen (secondary N) is 1. The smallest absolute Gasteiger partial charge is 0.405 e. The minimum Gasteiger partial charge on any atom is -0.490 e. The molecule has 3 nitrogen and oxygen atoms in total. The lowest BCUT2D eigenvalue weighted by molar-refractivity contribution is -0.141. The van der Waals surface area contributed by atoms with Crippen LogP contribution in [0.2, 0.25) is 0 Å². The maximum Gasteiger partial charge on any atom is 0.405 e. The van der Waals surface area contributed by atoms with E-state index in [1.165, 1.54) is 0 Å². The van der Waals surface area contributed by atoms with E-state index in [9.17, 15) is 26.7 Å². The molecule has 1 fully saturated rings. The van der Waals surface area contributed by atoms with E-state index >= 15 is 0 Å². The zero-order valence-electron chi connectivity index (χ0n) is 13.9. The Morgan fingerprint density at radius 1 is 1.15 bits per heavy atom. The Labute approximate surface area is 146 Å². The van der Waals surface area contributed by atoms with Crippen LogP contribution in [0.15, 0.2) is 0 Å². The van der Waals surface area contributed by atoms with Gasteiger partial charge in [-0.25, -0.2) is 4.39 Å². The van der Waals surface area contributed by atoms with Crippen molar-refractivity contribution in [3.63, 3.8) is 0 Å². The quantitative estimate of drug-likeness (QED) is 0.814. The molecule has 0 saturated heterocycles. The predicted octanol–water partition coefficient (Wildman–Crippen LogP) is 3.78. The van der Waals surface area contributed by atoms with Crippen LogP contribution >= 0.6 is 0 Å². The number of hydrogen-bond acceptors (Lipinski definition) is 2. The highest BCUT2D eigenvalue weighted by Crippen LogP contribution is 2.56. The number of hydrogen-bond donors (Lipinski definition) is 1. The average molecular weight is 375 g/mol. The number of alkyl halides is 3. The second-order valence-electron chi connectivity index (χ2n) is 7.44. The molecular formula is C18H18F5NO2. The number of benzene rings is 1. The largest absolute Gasteiger partial charge is 0.490 e. The third kappa shape index (κ3) is 2.83. The topological polar surface area (TPSA) is 38.3 Å². The van der Waals surface area contributed by atoms with E-state index in [0.717, 1.165) is 0 Å². The van der Waals surface area contributed by atoms with Crippen molar-refractivity contribution in [2.24, 2.45) is 5.41 Å². The normalized spacial score (nSPS) is 22.6. The third-order valence-electron chi connectivity index (χ3n) is 5.75. The van der Waals surface area contributed by atoms with E-state index in [-0.39, 0.29) is 18.3 Å². The zero-order valence-corrected chi connectivity index (χ0v) is 13.9. The SMILES string of the molecule is O=C(NCC(F)(F)F)C1(CC2CCc3c(F)c(F)c4c(c32)CCO4)CC1. The van der Waals surface area contributed by atoms with Gasteiger partial charge in [0.25, 0.3) is 0 Å². The number of amides is 1. The van der Waals surface area contributed by atoms with Crippen LogP contribution in [0.4, 0.5) is 22.0 Å².